The summed E-state index contributed by atoms with van der Waals surface area (Å²) in [5.74, 6) is 2.09. The van der Waals surface area contributed by atoms with Gasteiger partial charge in [-0.05, 0) is 37.5 Å². The number of hydrogen-bond acceptors (Lipinski definition) is 2. The second kappa shape index (κ2) is 6.16. The molecule has 0 bridgehead atoms. The van der Waals surface area contributed by atoms with E-state index in [4.69, 9.17) is 4.42 Å². The molecule has 1 N–H and O–H groups in total. The lowest BCUT2D eigenvalue weighted by molar-refractivity contribution is -0.116. The van der Waals surface area contributed by atoms with Crippen LogP contribution in [0.1, 0.15) is 31.8 Å². The smallest absolute Gasteiger partial charge is 0.244 e. The van der Waals surface area contributed by atoms with Gasteiger partial charge in [0.25, 0.3) is 0 Å². The van der Waals surface area contributed by atoms with Crippen molar-refractivity contribution in [2.45, 2.75) is 27.2 Å². The Morgan fingerprint density at radius 3 is 2.81 bits per heavy atom. The van der Waals surface area contributed by atoms with E-state index in [1.807, 2.05) is 19.1 Å². The third kappa shape index (κ3) is 4.82. The average molecular weight is 221 g/mol. The SMILES string of the molecule is Cc1ccc(/C=C/C(=O)NCCC(C)C)o1. The third-order valence-electron chi connectivity index (χ3n) is 2.18. The summed E-state index contributed by atoms with van der Waals surface area (Å²) in [7, 11) is 0. The summed E-state index contributed by atoms with van der Waals surface area (Å²) in [6.45, 7) is 6.86. The van der Waals surface area contributed by atoms with Gasteiger partial charge in [0.15, 0.2) is 0 Å². The van der Waals surface area contributed by atoms with Crippen LogP contribution in [-0.4, -0.2) is 12.5 Å². The second-order valence-electron chi connectivity index (χ2n) is 4.26. The summed E-state index contributed by atoms with van der Waals surface area (Å²) in [5.41, 5.74) is 0. The highest BCUT2D eigenvalue weighted by Gasteiger charge is 1.98. The van der Waals surface area contributed by atoms with Crippen LogP contribution in [0, 0.1) is 12.8 Å². The predicted octanol–water partition coefficient (Wildman–Crippen LogP) is 2.76. The molecule has 1 aromatic heterocycles. The van der Waals surface area contributed by atoms with Crippen molar-refractivity contribution >= 4 is 12.0 Å². The van der Waals surface area contributed by atoms with Crippen molar-refractivity contribution in [1.29, 1.82) is 0 Å². The standard InChI is InChI=1S/C13H19NO2/c1-10(2)8-9-14-13(15)7-6-12-5-4-11(3)16-12/h4-7,10H,8-9H2,1-3H3,(H,14,15)/b7-6+. The molecule has 0 aliphatic rings. The molecule has 0 unspecified atom stereocenters. The molecule has 3 nitrogen and oxygen atoms in total. The summed E-state index contributed by atoms with van der Waals surface area (Å²) >= 11 is 0. The predicted molar refractivity (Wildman–Crippen MR) is 64.9 cm³/mol. The van der Waals surface area contributed by atoms with E-state index in [1.54, 1.807) is 6.08 Å². The quantitative estimate of drug-likeness (QED) is 0.777. The molecule has 1 rings (SSSR count). The van der Waals surface area contributed by atoms with Gasteiger partial charge in [0.1, 0.15) is 11.5 Å². The molecule has 16 heavy (non-hydrogen) atoms. The van der Waals surface area contributed by atoms with E-state index in [0.717, 1.165) is 18.7 Å². The Morgan fingerprint density at radius 2 is 2.25 bits per heavy atom. The van der Waals surface area contributed by atoms with Crippen molar-refractivity contribution in [3.63, 3.8) is 0 Å². The average Bonchev–Trinajstić information content (AvgIpc) is 2.61. The first-order valence-electron chi connectivity index (χ1n) is 5.60. The Balaban J connectivity index is 2.31. The van der Waals surface area contributed by atoms with Gasteiger partial charge in [0.05, 0.1) is 0 Å². The summed E-state index contributed by atoms with van der Waals surface area (Å²) in [6.07, 6.45) is 4.18. The molecule has 88 valence electrons. The maximum Gasteiger partial charge on any atom is 0.244 e. The van der Waals surface area contributed by atoms with Crippen LogP contribution in [0.2, 0.25) is 0 Å². The van der Waals surface area contributed by atoms with E-state index in [1.165, 1.54) is 6.08 Å². The summed E-state index contributed by atoms with van der Waals surface area (Å²) in [6, 6.07) is 3.71. The summed E-state index contributed by atoms with van der Waals surface area (Å²) in [5, 5.41) is 2.82. The minimum absolute atomic E-state index is 0.0743. The molecule has 0 fully saturated rings. The molecule has 3 heteroatoms. The minimum atomic E-state index is -0.0743. The summed E-state index contributed by atoms with van der Waals surface area (Å²) < 4.78 is 5.31. The van der Waals surface area contributed by atoms with Gasteiger partial charge in [-0.3, -0.25) is 4.79 Å². The molecule has 0 aliphatic carbocycles. The molecule has 1 amide bonds. The molecular weight excluding hydrogens is 202 g/mol. The lowest BCUT2D eigenvalue weighted by atomic mass is 10.1. The van der Waals surface area contributed by atoms with E-state index in [2.05, 4.69) is 19.2 Å². The zero-order chi connectivity index (χ0) is 12.0. The largest absolute Gasteiger partial charge is 0.462 e. The van der Waals surface area contributed by atoms with Crippen LogP contribution < -0.4 is 5.32 Å². The molecule has 0 aromatic carbocycles. The van der Waals surface area contributed by atoms with E-state index in [0.29, 0.717) is 11.7 Å². The molecule has 0 aliphatic heterocycles. The van der Waals surface area contributed by atoms with Gasteiger partial charge in [-0.15, -0.1) is 0 Å². The van der Waals surface area contributed by atoms with Crippen molar-refractivity contribution in [1.82, 2.24) is 5.32 Å². The maximum atomic E-state index is 11.4. The highest BCUT2D eigenvalue weighted by atomic mass is 16.3. The highest BCUT2D eigenvalue weighted by molar-refractivity contribution is 5.91. The van der Waals surface area contributed by atoms with Crippen molar-refractivity contribution < 1.29 is 9.21 Å². The number of nitrogens with one attached hydrogen (secondary N) is 1. The number of carbonyl (C=O) groups excluding carboxylic acids is 1. The maximum absolute atomic E-state index is 11.4. The van der Waals surface area contributed by atoms with Crippen molar-refractivity contribution in [2.24, 2.45) is 5.92 Å². The lowest BCUT2D eigenvalue weighted by Gasteiger charge is -2.04. The number of carbonyl (C=O) groups is 1. The number of aryl methyl sites for hydroxylation is 1. The molecular formula is C13H19NO2. The normalized spacial score (nSPS) is 11.2. The number of hydrogen-bond donors (Lipinski definition) is 1. The van der Waals surface area contributed by atoms with Crippen LogP contribution in [0.25, 0.3) is 6.08 Å². The molecule has 0 saturated carbocycles. The topological polar surface area (TPSA) is 42.2 Å². The van der Waals surface area contributed by atoms with Crippen LogP contribution in [-0.2, 0) is 4.79 Å². The van der Waals surface area contributed by atoms with Gasteiger partial charge < -0.3 is 9.73 Å². The van der Waals surface area contributed by atoms with Crippen molar-refractivity contribution in [3.05, 3.63) is 29.7 Å². The van der Waals surface area contributed by atoms with Gasteiger partial charge in [-0.25, -0.2) is 0 Å². The Kier molecular flexibility index (Phi) is 4.83. The molecule has 0 spiro atoms. The highest BCUT2D eigenvalue weighted by Crippen LogP contribution is 2.07. The molecule has 0 atom stereocenters. The molecule has 0 saturated heterocycles. The Labute approximate surface area is 96.5 Å². The zero-order valence-electron chi connectivity index (χ0n) is 10.1. The van der Waals surface area contributed by atoms with Crippen LogP contribution in [0.4, 0.5) is 0 Å². The van der Waals surface area contributed by atoms with E-state index < -0.39 is 0 Å². The first-order chi connectivity index (χ1) is 7.58. The van der Waals surface area contributed by atoms with Gasteiger partial charge in [0, 0.05) is 12.6 Å². The Bertz CT molecular complexity index is 364. The lowest BCUT2D eigenvalue weighted by Crippen LogP contribution is -2.23. The van der Waals surface area contributed by atoms with E-state index in [-0.39, 0.29) is 5.91 Å². The van der Waals surface area contributed by atoms with Gasteiger partial charge in [0.2, 0.25) is 5.91 Å². The molecule has 1 heterocycles. The molecule has 0 radical (unpaired) electrons. The number of furan rings is 1. The van der Waals surface area contributed by atoms with Crippen LogP contribution in [0.3, 0.4) is 0 Å². The van der Waals surface area contributed by atoms with Crippen LogP contribution in [0.5, 0.6) is 0 Å². The van der Waals surface area contributed by atoms with Crippen molar-refractivity contribution in [3.8, 4) is 0 Å². The summed E-state index contributed by atoms with van der Waals surface area (Å²) in [4.78, 5) is 11.4. The minimum Gasteiger partial charge on any atom is -0.462 e. The van der Waals surface area contributed by atoms with Gasteiger partial charge in [-0.1, -0.05) is 13.8 Å². The first-order valence-corrected chi connectivity index (χ1v) is 5.60. The third-order valence-corrected chi connectivity index (χ3v) is 2.18. The monoisotopic (exact) mass is 221 g/mol. The van der Waals surface area contributed by atoms with Crippen molar-refractivity contribution in [2.75, 3.05) is 6.54 Å². The van der Waals surface area contributed by atoms with Crippen LogP contribution >= 0.6 is 0 Å². The number of rotatable bonds is 5. The zero-order valence-corrected chi connectivity index (χ0v) is 10.1. The van der Waals surface area contributed by atoms with Crippen LogP contribution in [0.15, 0.2) is 22.6 Å². The molecule has 1 aromatic rings. The fourth-order valence-electron chi connectivity index (χ4n) is 1.24. The fraction of sp³-hybridized carbons (Fsp3) is 0.462. The van der Waals surface area contributed by atoms with Gasteiger partial charge >= 0.3 is 0 Å². The van der Waals surface area contributed by atoms with E-state index in [9.17, 15) is 4.79 Å². The second-order valence-corrected chi connectivity index (χ2v) is 4.26. The Hall–Kier alpha value is -1.51. The van der Waals surface area contributed by atoms with E-state index >= 15 is 0 Å². The number of amides is 1. The Morgan fingerprint density at radius 1 is 1.50 bits per heavy atom. The fourth-order valence-corrected chi connectivity index (χ4v) is 1.24. The van der Waals surface area contributed by atoms with Gasteiger partial charge in [-0.2, -0.15) is 0 Å². The first kappa shape index (κ1) is 12.6.